The van der Waals surface area contributed by atoms with Crippen LogP contribution in [0.15, 0.2) is 6.20 Å². The highest BCUT2D eigenvalue weighted by Crippen LogP contribution is 2.27. The van der Waals surface area contributed by atoms with E-state index in [-0.39, 0.29) is 5.91 Å². The molecule has 1 saturated heterocycles. The number of aromatic amines is 1. The molecule has 1 aromatic rings. The Labute approximate surface area is 88.9 Å². The number of likely N-dealkylation sites (tertiary alicyclic amines) is 1. The molecule has 1 aliphatic rings. The predicted molar refractivity (Wildman–Crippen MR) is 55.3 cm³/mol. The molecule has 0 aromatic carbocycles. The van der Waals surface area contributed by atoms with Gasteiger partial charge in [0.05, 0.1) is 6.20 Å². The summed E-state index contributed by atoms with van der Waals surface area (Å²) in [6.45, 7) is 4.21. The van der Waals surface area contributed by atoms with Gasteiger partial charge in [-0.3, -0.25) is 4.79 Å². The van der Waals surface area contributed by atoms with Gasteiger partial charge in [-0.15, -0.1) is 0 Å². The van der Waals surface area contributed by atoms with Gasteiger partial charge in [-0.1, -0.05) is 6.92 Å². The number of hydrogen-bond acceptors (Lipinski definition) is 3. The minimum atomic E-state index is 0.000556. The molecule has 2 atom stereocenters. The molecule has 15 heavy (non-hydrogen) atoms. The number of H-pyrrole nitrogens is 1. The van der Waals surface area contributed by atoms with E-state index in [4.69, 9.17) is 0 Å². The molecule has 5 heteroatoms. The van der Waals surface area contributed by atoms with Crippen LogP contribution < -0.4 is 0 Å². The van der Waals surface area contributed by atoms with Gasteiger partial charge in [0.1, 0.15) is 0 Å². The minimum Gasteiger partial charge on any atom is -0.332 e. The maximum atomic E-state index is 12.1. The molecule has 5 nitrogen and oxygen atoms in total. The van der Waals surface area contributed by atoms with Gasteiger partial charge in [0, 0.05) is 12.1 Å². The Balaban J connectivity index is 2.18. The SMILES string of the molecule is CCC1CCC(C)N1C(=O)c1cn[nH]n1. The van der Waals surface area contributed by atoms with E-state index in [2.05, 4.69) is 29.3 Å². The first-order chi connectivity index (χ1) is 7.24. The lowest BCUT2D eigenvalue weighted by Gasteiger charge is -2.26. The van der Waals surface area contributed by atoms with E-state index in [9.17, 15) is 4.79 Å². The average Bonchev–Trinajstić information content (AvgIpc) is 2.85. The Morgan fingerprint density at radius 1 is 1.67 bits per heavy atom. The van der Waals surface area contributed by atoms with Crippen molar-refractivity contribution in [3.63, 3.8) is 0 Å². The lowest BCUT2D eigenvalue weighted by atomic mass is 10.1. The summed E-state index contributed by atoms with van der Waals surface area (Å²) in [6.07, 6.45) is 4.68. The van der Waals surface area contributed by atoms with Crippen LogP contribution in [0.3, 0.4) is 0 Å². The van der Waals surface area contributed by atoms with Crippen LogP contribution in [-0.4, -0.2) is 38.3 Å². The number of nitrogens with zero attached hydrogens (tertiary/aromatic N) is 3. The van der Waals surface area contributed by atoms with Gasteiger partial charge >= 0.3 is 0 Å². The fraction of sp³-hybridized carbons (Fsp3) is 0.700. The van der Waals surface area contributed by atoms with E-state index in [1.807, 2.05) is 4.90 Å². The fourth-order valence-electron chi connectivity index (χ4n) is 2.28. The third-order valence-corrected chi connectivity index (χ3v) is 3.13. The van der Waals surface area contributed by atoms with Crippen molar-refractivity contribution in [3.05, 3.63) is 11.9 Å². The van der Waals surface area contributed by atoms with Gasteiger partial charge in [-0.05, 0) is 26.2 Å². The van der Waals surface area contributed by atoms with Gasteiger partial charge in [0.25, 0.3) is 5.91 Å². The summed E-state index contributed by atoms with van der Waals surface area (Å²) in [6, 6.07) is 0.684. The van der Waals surface area contributed by atoms with Crippen molar-refractivity contribution < 1.29 is 4.79 Å². The van der Waals surface area contributed by atoms with Crippen LogP contribution in [0, 0.1) is 0 Å². The maximum absolute atomic E-state index is 12.1. The third-order valence-electron chi connectivity index (χ3n) is 3.13. The first-order valence-electron chi connectivity index (χ1n) is 5.42. The van der Waals surface area contributed by atoms with Crippen LogP contribution in [0.1, 0.15) is 43.6 Å². The molecule has 2 unspecified atom stereocenters. The van der Waals surface area contributed by atoms with Gasteiger partial charge in [-0.25, -0.2) is 0 Å². The molecule has 2 heterocycles. The Morgan fingerprint density at radius 3 is 3.07 bits per heavy atom. The topological polar surface area (TPSA) is 61.9 Å². The number of nitrogens with one attached hydrogen (secondary N) is 1. The van der Waals surface area contributed by atoms with Crippen molar-refractivity contribution in [2.24, 2.45) is 0 Å². The second-order valence-corrected chi connectivity index (χ2v) is 4.06. The molecule has 0 saturated carbocycles. The van der Waals surface area contributed by atoms with E-state index in [0.717, 1.165) is 19.3 Å². The Bertz CT molecular complexity index is 335. The number of rotatable bonds is 2. The molecule has 1 N–H and O–H groups in total. The zero-order chi connectivity index (χ0) is 10.8. The normalized spacial score (nSPS) is 25.9. The molecule has 0 spiro atoms. The molecule has 2 rings (SSSR count). The smallest absolute Gasteiger partial charge is 0.276 e. The monoisotopic (exact) mass is 208 g/mol. The zero-order valence-corrected chi connectivity index (χ0v) is 9.10. The van der Waals surface area contributed by atoms with E-state index < -0.39 is 0 Å². The van der Waals surface area contributed by atoms with Crippen molar-refractivity contribution in [1.29, 1.82) is 0 Å². The summed E-state index contributed by atoms with van der Waals surface area (Å²) in [4.78, 5) is 14.0. The number of aromatic nitrogens is 3. The first-order valence-corrected chi connectivity index (χ1v) is 5.42. The molecule has 1 aromatic heterocycles. The zero-order valence-electron chi connectivity index (χ0n) is 9.10. The lowest BCUT2D eigenvalue weighted by Crippen LogP contribution is -2.39. The first kappa shape index (κ1) is 10.1. The Hall–Kier alpha value is -1.39. The number of hydrogen-bond donors (Lipinski definition) is 1. The van der Waals surface area contributed by atoms with E-state index in [1.54, 1.807) is 0 Å². The highest BCUT2D eigenvalue weighted by atomic mass is 16.2. The molecule has 1 aliphatic heterocycles. The van der Waals surface area contributed by atoms with E-state index in [0.29, 0.717) is 17.8 Å². The Morgan fingerprint density at radius 2 is 2.47 bits per heavy atom. The van der Waals surface area contributed by atoms with Crippen molar-refractivity contribution in [1.82, 2.24) is 20.3 Å². The van der Waals surface area contributed by atoms with Crippen LogP contribution in [0.25, 0.3) is 0 Å². The lowest BCUT2D eigenvalue weighted by molar-refractivity contribution is 0.0670. The molecule has 82 valence electrons. The number of carbonyl (C=O) groups is 1. The predicted octanol–water partition coefficient (Wildman–Crippen LogP) is 1.21. The van der Waals surface area contributed by atoms with Crippen LogP contribution in [0.2, 0.25) is 0 Å². The molecular formula is C10H16N4O. The van der Waals surface area contributed by atoms with Crippen molar-refractivity contribution in [3.8, 4) is 0 Å². The van der Waals surface area contributed by atoms with Crippen molar-refractivity contribution >= 4 is 5.91 Å². The van der Waals surface area contributed by atoms with Crippen molar-refractivity contribution in [2.75, 3.05) is 0 Å². The average molecular weight is 208 g/mol. The highest BCUT2D eigenvalue weighted by Gasteiger charge is 2.34. The summed E-state index contributed by atoms with van der Waals surface area (Å²) in [5, 5.41) is 9.98. The van der Waals surface area contributed by atoms with Crippen LogP contribution in [-0.2, 0) is 0 Å². The number of carbonyl (C=O) groups excluding carboxylic acids is 1. The van der Waals surface area contributed by atoms with Gasteiger partial charge in [-0.2, -0.15) is 15.4 Å². The second kappa shape index (κ2) is 4.00. The maximum Gasteiger partial charge on any atom is 0.276 e. The standard InChI is InChI=1S/C10H16N4O/c1-3-8-5-4-7(2)14(8)10(15)9-6-11-13-12-9/h6-8H,3-5H2,1-2H3,(H,11,12,13). The van der Waals surface area contributed by atoms with Gasteiger partial charge in [0.15, 0.2) is 5.69 Å². The highest BCUT2D eigenvalue weighted by molar-refractivity contribution is 5.92. The summed E-state index contributed by atoms with van der Waals surface area (Å²) in [5.74, 6) is 0.000556. The van der Waals surface area contributed by atoms with Crippen LogP contribution in [0.5, 0.6) is 0 Å². The summed E-state index contributed by atoms with van der Waals surface area (Å²) in [5.41, 5.74) is 0.419. The molecule has 0 radical (unpaired) electrons. The Kier molecular flexibility index (Phi) is 2.70. The van der Waals surface area contributed by atoms with Gasteiger partial charge < -0.3 is 4.90 Å². The summed E-state index contributed by atoms with van der Waals surface area (Å²) in [7, 11) is 0. The van der Waals surface area contributed by atoms with E-state index >= 15 is 0 Å². The molecule has 0 aliphatic carbocycles. The minimum absolute atomic E-state index is 0.000556. The quantitative estimate of drug-likeness (QED) is 0.794. The largest absolute Gasteiger partial charge is 0.332 e. The molecule has 1 amide bonds. The third kappa shape index (κ3) is 1.73. The second-order valence-electron chi connectivity index (χ2n) is 4.06. The van der Waals surface area contributed by atoms with Crippen LogP contribution in [0.4, 0.5) is 0 Å². The van der Waals surface area contributed by atoms with Crippen LogP contribution >= 0.6 is 0 Å². The summed E-state index contributed by atoms with van der Waals surface area (Å²) < 4.78 is 0. The van der Waals surface area contributed by atoms with Crippen molar-refractivity contribution in [2.45, 2.75) is 45.2 Å². The number of amides is 1. The van der Waals surface area contributed by atoms with Gasteiger partial charge in [0.2, 0.25) is 0 Å². The summed E-state index contributed by atoms with van der Waals surface area (Å²) >= 11 is 0. The molecule has 0 bridgehead atoms. The molecular weight excluding hydrogens is 192 g/mol. The van der Waals surface area contributed by atoms with E-state index in [1.165, 1.54) is 6.20 Å². The molecule has 1 fully saturated rings. The fourth-order valence-corrected chi connectivity index (χ4v) is 2.28.